The Kier molecular flexibility index (Phi) is 9.85. The minimum atomic E-state index is -0.278. The summed E-state index contributed by atoms with van der Waals surface area (Å²) in [4.78, 5) is 21.1. The Morgan fingerprint density at radius 2 is 2.00 bits per heavy atom. The molecule has 0 unspecified atom stereocenters. The van der Waals surface area contributed by atoms with E-state index in [1.165, 1.54) is 6.26 Å². The van der Waals surface area contributed by atoms with Crippen molar-refractivity contribution < 1.29 is 9.21 Å². The molecule has 30 heavy (non-hydrogen) atoms. The molecule has 0 spiro atoms. The molecule has 0 fully saturated rings. The van der Waals surface area contributed by atoms with Gasteiger partial charge in [0.1, 0.15) is 0 Å². The van der Waals surface area contributed by atoms with Crippen LogP contribution in [0.5, 0.6) is 0 Å². The molecule has 8 heteroatoms. The predicted molar refractivity (Wildman–Crippen MR) is 129 cm³/mol. The number of aromatic nitrogens is 1. The highest BCUT2D eigenvalue weighted by molar-refractivity contribution is 14.0. The molecule has 0 aliphatic rings. The van der Waals surface area contributed by atoms with Crippen molar-refractivity contribution in [3.05, 3.63) is 84.1 Å². The zero-order valence-corrected chi connectivity index (χ0v) is 19.1. The average Bonchev–Trinajstić information content (AvgIpc) is 3.28. The number of guanidine groups is 1. The molecule has 0 bridgehead atoms. The van der Waals surface area contributed by atoms with Crippen LogP contribution in [0.1, 0.15) is 28.7 Å². The van der Waals surface area contributed by atoms with Crippen LogP contribution in [0.4, 0.5) is 5.69 Å². The summed E-state index contributed by atoms with van der Waals surface area (Å²) in [5.74, 6) is 0.744. The normalized spacial score (nSPS) is 10.8. The van der Waals surface area contributed by atoms with Gasteiger partial charge in [0, 0.05) is 37.1 Å². The largest absolute Gasteiger partial charge is 0.459 e. The maximum Gasteiger partial charge on any atom is 0.291 e. The zero-order valence-electron chi connectivity index (χ0n) is 16.8. The molecular formula is C22H26IN5O2. The number of aliphatic imine (C=N–C) groups is 1. The van der Waals surface area contributed by atoms with Gasteiger partial charge in [0.25, 0.3) is 5.91 Å². The number of pyridine rings is 1. The third-order valence-electron chi connectivity index (χ3n) is 4.09. The van der Waals surface area contributed by atoms with E-state index in [0.717, 1.165) is 36.7 Å². The summed E-state index contributed by atoms with van der Waals surface area (Å²) in [6.07, 6.45) is 4.09. The topological polar surface area (TPSA) is 91.5 Å². The summed E-state index contributed by atoms with van der Waals surface area (Å²) >= 11 is 0. The SMILES string of the molecule is CCNC(=NCc1cccc(NC(=O)c2ccco2)c1)NCCc1ccccn1.I. The standard InChI is InChI=1S/C22H25N5O2.HI/c1-2-23-22(25-13-11-18-8-3-4-12-24-18)26-16-17-7-5-9-19(15-17)27-21(28)20-10-6-14-29-20;/h3-10,12,14-15H,2,11,13,16H2,1H3,(H,27,28)(H2,23,25,26);1H. The van der Waals surface area contributed by atoms with Crippen molar-refractivity contribution >= 4 is 41.5 Å². The zero-order chi connectivity index (χ0) is 20.3. The van der Waals surface area contributed by atoms with E-state index in [2.05, 4.69) is 25.9 Å². The van der Waals surface area contributed by atoms with Crippen LogP contribution in [-0.2, 0) is 13.0 Å². The van der Waals surface area contributed by atoms with Crippen LogP contribution in [-0.4, -0.2) is 29.9 Å². The number of hydrogen-bond acceptors (Lipinski definition) is 4. The third kappa shape index (κ3) is 7.51. The number of carbonyl (C=O) groups is 1. The Morgan fingerprint density at radius 3 is 2.73 bits per heavy atom. The van der Waals surface area contributed by atoms with Crippen LogP contribution >= 0.6 is 24.0 Å². The molecule has 7 nitrogen and oxygen atoms in total. The second-order valence-electron chi connectivity index (χ2n) is 6.32. The second-order valence-corrected chi connectivity index (χ2v) is 6.32. The lowest BCUT2D eigenvalue weighted by Gasteiger charge is -2.11. The molecule has 3 N–H and O–H groups in total. The highest BCUT2D eigenvalue weighted by Crippen LogP contribution is 2.13. The van der Waals surface area contributed by atoms with Crippen molar-refractivity contribution in [2.24, 2.45) is 4.99 Å². The first-order valence-electron chi connectivity index (χ1n) is 9.60. The van der Waals surface area contributed by atoms with Gasteiger partial charge in [0.15, 0.2) is 11.7 Å². The van der Waals surface area contributed by atoms with Crippen molar-refractivity contribution in [3.8, 4) is 0 Å². The fourth-order valence-corrected chi connectivity index (χ4v) is 2.71. The van der Waals surface area contributed by atoms with Crippen molar-refractivity contribution in [3.63, 3.8) is 0 Å². The van der Waals surface area contributed by atoms with Gasteiger partial charge in [0.05, 0.1) is 12.8 Å². The molecule has 2 aromatic heterocycles. The van der Waals surface area contributed by atoms with E-state index >= 15 is 0 Å². The quantitative estimate of drug-likeness (QED) is 0.239. The van der Waals surface area contributed by atoms with Gasteiger partial charge in [0.2, 0.25) is 0 Å². The van der Waals surface area contributed by atoms with Crippen LogP contribution in [0.15, 0.2) is 76.5 Å². The summed E-state index contributed by atoms with van der Waals surface area (Å²) in [7, 11) is 0. The fourth-order valence-electron chi connectivity index (χ4n) is 2.71. The fraction of sp³-hybridized carbons (Fsp3) is 0.227. The number of rotatable bonds is 8. The lowest BCUT2D eigenvalue weighted by atomic mass is 10.2. The summed E-state index contributed by atoms with van der Waals surface area (Å²) in [6, 6.07) is 16.8. The van der Waals surface area contributed by atoms with Crippen LogP contribution < -0.4 is 16.0 Å². The van der Waals surface area contributed by atoms with E-state index < -0.39 is 0 Å². The van der Waals surface area contributed by atoms with Gasteiger partial charge in [-0.25, -0.2) is 4.99 Å². The first-order chi connectivity index (χ1) is 14.2. The number of furan rings is 1. The van der Waals surface area contributed by atoms with E-state index in [9.17, 15) is 4.79 Å². The van der Waals surface area contributed by atoms with Gasteiger partial charge in [-0.15, -0.1) is 24.0 Å². The summed E-state index contributed by atoms with van der Waals surface area (Å²) in [5, 5.41) is 9.39. The van der Waals surface area contributed by atoms with Crippen molar-refractivity contribution in [1.82, 2.24) is 15.6 Å². The molecular weight excluding hydrogens is 493 g/mol. The van der Waals surface area contributed by atoms with Gasteiger partial charge in [-0.2, -0.15) is 0 Å². The van der Waals surface area contributed by atoms with Gasteiger partial charge >= 0.3 is 0 Å². The van der Waals surface area contributed by atoms with Gasteiger partial charge in [-0.1, -0.05) is 18.2 Å². The van der Waals surface area contributed by atoms with Crippen LogP contribution in [0.3, 0.4) is 0 Å². The number of halogens is 1. The van der Waals surface area contributed by atoms with E-state index in [1.807, 2.05) is 49.4 Å². The molecule has 0 atom stereocenters. The van der Waals surface area contributed by atoms with E-state index in [4.69, 9.17) is 4.42 Å². The number of hydrogen-bond donors (Lipinski definition) is 3. The van der Waals surface area contributed by atoms with Gasteiger partial charge < -0.3 is 20.4 Å². The Balaban J connectivity index is 0.00000320. The number of benzene rings is 1. The second kappa shape index (κ2) is 12.6. The monoisotopic (exact) mass is 519 g/mol. The predicted octanol–water partition coefficient (Wildman–Crippen LogP) is 3.84. The van der Waals surface area contributed by atoms with E-state index in [1.54, 1.807) is 18.3 Å². The highest BCUT2D eigenvalue weighted by atomic mass is 127. The molecule has 3 aromatic rings. The van der Waals surface area contributed by atoms with Gasteiger partial charge in [-0.3, -0.25) is 9.78 Å². The smallest absolute Gasteiger partial charge is 0.291 e. The maximum atomic E-state index is 12.1. The van der Waals surface area contributed by atoms with Crippen LogP contribution in [0.25, 0.3) is 0 Å². The molecule has 3 rings (SSSR count). The molecule has 1 amide bonds. The first-order valence-corrected chi connectivity index (χ1v) is 9.60. The lowest BCUT2D eigenvalue weighted by Crippen LogP contribution is -2.38. The number of nitrogens with zero attached hydrogens (tertiary/aromatic N) is 2. The first kappa shape index (κ1) is 23.4. The average molecular weight is 519 g/mol. The Morgan fingerprint density at radius 1 is 1.10 bits per heavy atom. The van der Waals surface area contributed by atoms with Crippen LogP contribution in [0.2, 0.25) is 0 Å². The summed E-state index contributed by atoms with van der Waals surface area (Å²) in [6.45, 7) is 4.03. The van der Waals surface area contributed by atoms with E-state index in [-0.39, 0.29) is 35.6 Å². The van der Waals surface area contributed by atoms with Crippen molar-refractivity contribution in [1.29, 1.82) is 0 Å². The molecule has 0 radical (unpaired) electrons. The third-order valence-corrected chi connectivity index (χ3v) is 4.09. The highest BCUT2D eigenvalue weighted by Gasteiger charge is 2.08. The molecule has 158 valence electrons. The number of nitrogens with one attached hydrogen (secondary N) is 3. The maximum absolute atomic E-state index is 12.1. The summed E-state index contributed by atoms with van der Waals surface area (Å²) < 4.78 is 5.12. The number of amides is 1. The molecule has 0 saturated carbocycles. The minimum Gasteiger partial charge on any atom is -0.459 e. The molecule has 0 saturated heterocycles. The number of anilines is 1. The molecule has 2 heterocycles. The molecule has 0 aliphatic carbocycles. The van der Waals surface area contributed by atoms with E-state index in [0.29, 0.717) is 12.2 Å². The Labute approximate surface area is 193 Å². The summed E-state index contributed by atoms with van der Waals surface area (Å²) in [5.41, 5.74) is 2.73. The van der Waals surface area contributed by atoms with Crippen LogP contribution in [0, 0.1) is 0 Å². The van der Waals surface area contributed by atoms with Crippen molar-refractivity contribution in [2.45, 2.75) is 19.9 Å². The minimum absolute atomic E-state index is 0. The Hall–Kier alpha value is -2.88. The molecule has 0 aliphatic heterocycles. The number of carbonyl (C=O) groups excluding carboxylic acids is 1. The van der Waals surface area contributed by atoms with Gasteiger partial charge in [-0.05, 0) is 48.9 Å². The lowest BCUT2D eigenvalue weighted by molar-refractivity contribution is 0.0996. The Bertz CT molecular complexity index is 930. The van der Waals surface area contributed by atoms with Crippen molar-refractivity contribution in [2.75, 3.05) is 18.4 Å². The molecule has 1 aromatic carbocycles.